The molecular formula is C20H19N5O3S. The molecule has 1 atom stereocenters. The van der Waals surface area contributed by atoms with Gasteiger partial charge in [0.15, 0.2) is 0 Å². The molecule has 0 fully saturated rings. The number of nitrogens with zero attached hydrogens (tertiary/aromatic N) is 4. The molecule has 0 spiro atoms. The smallest absolute Gasteiger partial charge is 0.262 e. The first-order chi connectivity index (χ1) is 14.1. The van der Waals surface area contributed by atoms with Crippen LogP contribution in [0.4, 0.5) is 0 Å². The van der Waals surface area contributed by atoms with Crippen LogP contribution in [0.25, 0.3) is 10.2 Å². The van der Waals surface area contributed by atoms with E-state index in [1.807, 2.05) is 47.5 Å². The fourth-order valence-electron chi connectivity index (χ4n) is 3.12. The van der Waals surface area contributed by atoms with Crippen LogP contribution in [0.15, 0.2) is 59.2 Å². The Hall–Kier alpha value is -3.46. The van der Waals surface area contributed by atoms with Gasteiger partial charge < -0.3 is 14.6 Å². The maximum atomic E-state index is 12.8. The molecule has 0 aliphatic rings. The van der Waals surface area contributed by atoms with Gasteiger partial charge in [0, 0.05) is 19.4 Å². The molecule has 4 aromatic rings. The molecule has 1 amide bonds. The van der Waals surface area contributed by atoms with Crippen LogP contribution in [-0.2, 0) is 18.4 Å². The topological polar surface area (TPSA) is 91.0 Å². The van der Waals surface area contributed by atoms with Gasteiger partial charge in [-0.05, 0) is 29.1 Å². The lowest BCUT2D eigenvalue weighted by molar-refractivity contribution is -0.122. The van der Waals surface area contributed by atoms with E-state index in [0.717, 1.165) is 11.3 Å². The van der Waals surface area contributed by atoms with Crippen molar-refractivity contribution in [3.63, 3.8) is 0 Å². The molecule has 1 N–H and O–H groups in total. The molecule has 0 saturated carbocycles. The van der Waals surface area contributed by atoms with Crippen LogP contribution in [0.5, 0.6) is 5.75 Å². The van der Waals surface area contributed by atoms with Gasteiger partial charge in [0.25, 0.3) is 5.56 Å². The van der Waals surface area contributed by atoms with Crippen LogP contribution < -0.4 is 15.6 Å². The number of benzene rings is 1. The number of carbonyl (C=O) groups excluding carboxylic acids is 1. The molecule has 1 aromatic carbocycles. The Bertz CT molecular complexity index is 1210. The lowest BCUT2D eigenvalue weighted by Crippen LogP contribution is -2.36. The number of ether oxygens (including phenoxy) is 1. The Kier molecular flexibility index (Phi) is 5.13. The number of methoxy groups -OCH3 is 1. The number of amides is 1. The molecule has 1 unspecified atom stereocenters. The average molecular weight is 409 g/mol. The zero-order valence-corrected chi connectivity index (χ0v) is 16.7. The lowest BCUT2D eigenvalue weighted by Gasteiger charge is -2.20. The summed E-state index contributed by atoms with van der Waals surface area (Å²) in [5.74, 6) is 1.09. The quantitative estimate of drug-likeness (QED) is 0.527. The van der Waals surface area contributed by atoms with E-state index in [1.54, 1.807) is 19.4 Å². The summed E-state index contributed by atoms with van der Waals surface area (Å²) in [6, 6.07) is 8.67. The van der Waals surface area contributed by atoms with Gasteiger partial charge in [-0.15, -0.1) is 11.3 Å². The first-order valence-electron chi connectivity index (χ1n) is 8.90. The highest BCUT2D eigenvalue weighted by Gasteiger charge is 2.21. The molecule has 4 rings (SSSR count). The summed E-state index contributed by atoms with van der Waals surface area (Å²) in [6.07, 6.45) is 4.90. The predicted octanol–water partition coefficient (Wildman–Crippen LogP) is 2.11. The van der Waals surface area contributed by atoms with Crippen LogP contribution in [0.3, 0.4) is 0 Å². The minimum absolute atomic E-state index is 0.130. The van der Waals surface area contributed by atoms with Gasteiger partial charge in [-0.25, -0.2) is 9.97 Å². The monoisotopic (exact) mass is 409 g/mol. The highest BCUT2D eigenvalue weighted by molar-refractivity contribution is 7.16. The molecule has 3 aromatic heterocycles. The van der Waals surface area contributed by atoms with E-state index in [0.29, 0.717) is 16.0 Å². The molecule has 0 aliphatic carbocycles. The number of fused-ring (bicyclic) bond motifs is 1. The molecule has 0 aliphatic heterocycles. The molecule has 3 heterocycles. The Morgan fingerprint density at radius 2 is 2.03 bits per heavy atom. The summed E-state index contributed by atoms with van der Waals surface area (Å²) < 4.78 is 8.37. The number of aryl methyl sites for hydroxylation is 1. The van der Waals surface area contributed by atoms with Crippen molar-refractivity contribution in [3.05, 3.63) is 76.2 Å². The third-order valence-electron chi connectivity index (χ3n) is 4.64. The largest absolute Gasteiger partial charge is 0.497 e. The number of hydrogen-bond donors (Lipinski definition) is 1. The molecule has 0 radical (unpaired) electrons. The third-order valence-corrected chi connectivity index (χ3v) is 5.46. The van der Waals surface area contributed by atoms with Crippen LogP contribution in [0.1, 0.15) is 17.4 Å². The highest BCUT2D eigenvalue weighted by atomic mass is 32.1. The van der Waals surface area contributed by atoms with Gasteiger partial charge in [0.2, 0.25) is 5.91 Å². The van der Waals surface area contributed by atoms with Crippen LogP contribution >= 0.6 is 11.3 Å². The van der Waals surface area contributed by atoms with Crippen molar-refractivity contribution in [2.24, 2.45) is 7.05 Å². The zero-order chi connectivity index (χ0) is 20.4. The Balaban J connectivity index is 1.61. The highest BCUT2D eigenvalue weighted by Crippen LogP contribution is 2.23. The Morgan fingerprint density at radius 1 is 1.24 bits per heavy atom. The molecule has 29 heavy (non-hydrogen) atoms. The SMILES string of the molecule is COc1ccc(C(NC(=O)Cn2cnc3sccc3c2=O)c2nccn2C)cc1. The minimum Gasteiger partial charge on any atom is -0.497 e. The zero-order valence-electron chi connectivity index (χ0n) is 15.9. The third kappa shape index (κ3) is 3.77. The molecule has 0 bridgehead atoms. The number of imidazole rings is 1. The van der Waals surface area contributed by atoms with Crippen molar-refractivity contribution in [2.75, 3.05) is 7.11 Å². The van der Waals surface area contributed by atoms with Crippen molar-refractivity contribution in [3.8, 4) is 5.75 Å². The van der Waals surface area contributed by atoms with Crippen molar-refractivity contribution >= 4 is 27.5 Å². The van der Waals surface area contributed by atoms with Gasteiger partial charge >= 0.3 is 0 Å². The maximum Gasteiger partial charge on any atom is 0.262 e. The second-order valence-corrected chi connectivity index (χ2v) is 7.38. The van der Waals surface area contributed by atoms with E-state index in [9.17, 15) is 9.59 Å². The summed E-state index contributed by atoms with van der Waals surface area (Å²) in [4.78, 5) is 34.6. The van der Waals surface area contributed by atoms with Crippen molar-refractivity contribution in [1.29, 1.82) is 0 Å². The first kappa shape index (κ1) is 18.9. The predicted molar refractivity (Wildman–Crippen MR) is 110 cm³/mol. The number of carbonyl (C=O) groups is 1. The summed E-state index contributed by atoms with van der Waals surface area (Å²) in [5, 5.41) is 5.31. The van der Waals surface area contributed by atoms with Gasteiger partial charge in [-0.2, -0.15) is 0 Å². The number of rotatable bonds is 6. The normalized spacial score (nSPS) is 12.1. The maximum absolute atomic E-state index is 12.8. The molecule has 0 saturated heterocycles. The van der Waals surface area contributed by atoms with E-state index in [-0.39, 0.29) is 18.0 Å². The minimum atomic E-state index is -0.470. The van der Waals surface area contributed by atoms with E-state index in [1.165, 1.54) is 22.2 Å². The van der Waals surface area contributed by atoms with Gasteiger partial charge in [-0.3, -0.25) is 14.2 Å². The van der Waals surface area contributed by atoms with Crippen molar-refractivity contribution in [1.82, 2.24) is 24.4 Å². The van der Waals surface area contributed by atoms with Crippen molar-refractivity contribution < 1.29 is 9.53 Å². The van der Waals surface area contributed by atoms with E-state index in [2.05, 4.69) is 15.3 Å². The molecular weight excluding hydrogens is 390 g/mol. The van der Waals surface area contributed by atoms with Gasteiger partial charge in [0.1, 0.15) is 29.0 Å². The van der Waals surface area contributed by atoms with Gasteiger partial charge in [-0.1, -0.05) is 12.1 Å². The van der Waals surface area contributed by atoms with Crippen LogP contribution in [-0.4, -0.2) is 32.1 Å². The van der Waals surface area contributed by atoms with E-state index >= 15 is 0 Å². The van der Waals surface area contributed by atoms with Gasteiger partial charge in [0.05, 0.1) is 18.8 Å². The number of aromatic nitrogens is 4. The summed E-state index contributed by atoms with van der Waals surface area (Å²) in [5.41, 5.74) is 0.622. The second-order valence-electron chi connectivity index (χ2n) is 6.49. The summed E-state index contributed by atoms with van der Waals surface area (Å²) in [7, 11) is 3.47. The molecule has 148 valence electrons. The number of hydrogen-bond acceptors (Lipinski definition) is 6. The van der Waals surface area contributed by atoms with Crippen LogP contribution in [0, 0.1) is 0 Å². The summed E-state index contributed by atoms with van der Waals surface area (Å²) >= 11 is 1.39. The fraction of sp³-hybridized carbons (Fsp3) is 0.200. The average Bonchev–Trinajstić information content (AvgIpc) is 3.38. The second kappa shape index (κ2) is 7.88. The molecule has 9 heteroatoms. The van der Waals surface area contributed by atoms with E-state index < -0.39 is 6.04 Å². The first-order valence-corrected chi connectivity index (χ1v) is 9.78. The van der Waals surface area contributed by atoms with Crippen LogP contribution in [0.2, 0.25) is 0 Å². The van der Waals surface area contributed by atoms with Crippen molar-refractivity contribution in [2.45, 2.75) is 12.6 Å². The Morgan fingerprint density at radius 3 is 2.72 bits per heavy atom. The number of thiophene rings is 1. The number of nitrogens with one attached hydrogen (secondary N) is 1. The Labute approximate surface area is 170 Å². The fourth-order valence-corrected chi connectivity index (χ4v) is 3.84. The standard InChI is InChI=1S/C20H19N5O3S/c1-24-9-8-21-18(24)17(13-3-5-14(28-2)6-4-13)23-16(26)11-25-12-22-19-15(20(25)27)7-10-29-19/h3-10,12,17H,11H2,1-2H3,(H,23,26). The van der Waals surface area contributed by atoms with E-state index in [4.69, 9.17) is 4.74 Å². The summed E-state index contributed by atoms with van der Waals surface area (Å²) in [6.45, 7) is -0.130. The lowest BCUT2D eigenvalue weighted by atomic mass is 10.1. The molecule has 8 nitrogen and oxygen atoms in total.